The molecule has 25 heavy (non-hydrogen) atoms. The fraction of sp³-hybridized carbons (Fsp3) is 0.500. The van der Waals surface area contributed by atoms with E-state index in [1.54, 1.807) is 12.3 Å². The molecule has 5 heteroatoms. The van der Waals surface area contributed by atoms with Gasteiger partial charge in [0.1, 0.15) is 5.60 Å². The molecule has 1 saturated heterocycles. The van der Waals surface area contributed by atoms with Gasteiger partial charge >= 0.3 is 5.97 Å². The van der Waals surface area contributed by atoms with E-state index in [1.807, 2.05) is 32.9 Å². The van der Waals surface area contributed by atoms with Crippen LogP contribution in [0.1, 0.15) is 45.0 Å². The summed E-state index contributed by atoms with van der Waals surface area (Å²) in [5.74, 6) is -0.319. The molecule has 0 radical (unpaired) electrons. The number of ether oxygens (including phenoxy) is 2. The second-order valence-corrected chi connectivity index (χ2v) is 7.70. The summed E-state index contributed by atoms with van der Waals surface area (Å²) in [6, 6.07) is 8.36. The number of carbonyl (C=O) groups excluding carboxylic acids is 1. The van der Waals surface area contributed by atoms with E-state index in [9.17, 15) is 4.79 Å². The normalized spacial score (nSPS) is 21.4. The number of carbonyl (C=O) groups is 1. The van der Waals surface area contributed by atoms with E-state index < -0.39 is 5.60 Å². The Kier molecular flexibility index (Phi) is 4.69. The van der Waals surface area contributed by atoms with Crippen molar-refractivity contribution in [3.63, 3.8) is 0 Å². The third-order valence-electron chi connectivity index (χ3n) is 4.31. The Morgan fingerprint density at radius 1 is 1.20 bits per heavy atom. The van der Waals surface area contributed by atoms with Crippen LogP contribution >= 0.6 is 0 Å². The van der Waals surface area contributed by atoms with Crippen LogP contribution in [0.5, 0.6) is 0 Å². The molecule has 1 aromatic carbocycles. The number of nitrogens with zero attached hydrogens (tertiary/aromatic N) is 2. The first-order chi connectivity index (χ1) is 11.8. The minimum absolute atomic E-state index is 0.280. The summed E-state index contributed by atoms with van der Waals surface area (Å²) < 4.78 is 11.2. The monoisotopic (exact) mass is 342 g/mol. The molecular weight excluding hydrogens is 316 g/mol. The van der Waals surface area contributed by atoms with Gasteiger partial charge < -0.3 is 14.4 Å². The molecule has 0 N–H and O–H groups in total. The summed E-state index contributed by atoms with van der Waals surface area (Å²) in [6.07, 6.45) is 1.65. The highest BCUT2D eigenvalue weighted by Crippen LogP contribution is 2.29. The molecule has 0 aliphatic carbocycles. The van der Waals surface area contributed by atoms with Gasteiger partial charge in [-0.25, -0.2) is 4.79 Å². The SMILES string of the molecule is C[C@@H]1COC[C@H](C)N1c1ccc2nccc(C(=O)OC(C)(C)C)c2c1. The van der Waals surface area contributed by atoms with E-state index in [1.165, 1.54) is 0 Å². The number of anilines is 1. The fourth-order valence-corrected chi connectivity index (χ4v) is 3.32. The highest BCUT2D eigenvalue weighted by atomic mass is 16.6. The van der Waals surface area contributed by atoms with Crippen LogP contribution in [0.4, 0.5) is 5.69 Å². The predicted molar refractivity (Wildman–Crippen MR) is 99.1 cm³/mol. The highest BCUT2D eigenvalue weighted by Gasteiger charge is 2.26. The van der Waals surface area contributed by atoms with Crippen LogP contribution in [-0.4, -0.2) is 41.9 Å². The Hall–Kier alpha value is -2.14. The summed E-state index contributed by atoms with van der Waals surface area (Å²) >= 11 is 0. The van der Waals surface area contributed by atoms with Crippen molar-refractivity contribution in [3.8, 4) is 0 Å². The number of morpholine rings is 1. The van der Waals surface area contributed by atoms with E-state index >= 15 is 0 Å². The van der Waals surface area contributed by atoms with E-state index in [2.05, 4.69) is 29.8 Å². The Morgan fingerprint density at radius 2 is 1.88 bits per heavy atom. The Morgan fingerprint density at radius 3 is 2.52 bits per heavy atom. The van der Waals surface area contributed by atoms with Gasteiger partial charge in [0, 0.05) is 29.4 Å². The van der Waals surface area contributed by atoms with E-state index in [0.717, 1.165) is 16.6 Å². The first-order valence-corrected chi connectivity index (χ1v) is 8.74. The number of benzene rings is 1. The van der Waals surface area contributed by atoms with Crippen LogP contribution < -0.4 is 4.90 Å². The van der Waals surface area contributed by atoms with Crippen LogP contribution in [0.15, 0.2) is 30.5 Å². The summed E-state index contributed by atoms with van der Waals surface area (Å²) in [5, 5.41) is 0.820. The number of hydrogen-bond acceptors (Lipinski definition) is 5. The van der Waals surface area contributed by atoms with Gasteiger partial charge in [0.25, 0.3) is 0 Å². The largest absolute Gasteiger partial charge is 0.456 e. The summed E-state index contributed by atoms with van der Waals surface area (Å²) in [7, 11) is 0. The molecule has 2 heterocycles. The van der Waals surface area contributed by atoms with Gasteiger partial charge in [-0.05, 0) is 58.9 Å². The third-order valence-corrected chi connectivity index (χ3v) is 4.31. The van der Waals surface area contributed by atoms with E-state index in [0.29, 0.717) is 18.8 Å². The van der Waals surface area contributed by atoms with Gasteiger partial charge in [-0.3, -0.25) is 4.98 Å². The molecule has 5 nitrogen and oxygen atoms in total. The summed E-state index contributed by atoms with van der Waals surface area (Å²) in [4.78, 5) is 19.3. The number of pyridine rings is 1. The lowest BCUT2D eigenvalue weighted by atomic mass is 10.1. The Bertz CT molecular complexity index is 772. The second kappa shape index (κ2) is 6.64. The minimum atomic E-state index is -0.530. The quantitative estimate of drug-likeness (QED) is 0.777. The molecule has 1 aromatic heterocycles. The average molecular weight is 342 g/mol. The maximum atomic E-state index is 12.6. The van der Waals surface area contributed by atoms with Crippen LogP contribution in [0.25, 0.3) is 10.9 Å². The zero-order chi connectivity index (χ0) is 18.2. The van der Waals surface area contributed by atoms with Crippen molar-refractivity contribution in [1.29, 1.82) is 0 Å². The fourth-order valence-electron chi connectivity index (χ4n) is 3.32. The molecule has 0 saturated carbocycles. The van der Waals surface area contributed by atoms with Gasteiger partial charge in [0.15, 0.2) is 0 Å². The van der Waals surface area contributed by atoms with Crippen molar-refractivity contribution in [2.24, 2.45) is 0 Å². The van der Waals surface area contributed by atoms with Gasteiger partial charge in [-0.1, -0.05) is 0 Å². The van der Waals surface area contributed by atoms with Crippen molar-refractivity contribution < 1.29 is 14.3 Å². The smallest absolute Gasteiger partial charge is 0.339 e. The van der Waals surface area contributed by atoms with Crippen molar-refractivity contribution >= 4 is 22.6 Å². The van der Waals surface area contributed by atoms with Crippen molar-refractivity contribution in [1.82, 2.24) is 4.98 Å². The molecule has 1 fully saturated rings. The molecule has 2 aromatic rings. The molecule has 0 bridgehead atoms. The van der Waals surface area contributed by atoms with Crippen LogP contribution in [-0.2, 0) is 9.47 Å². The van der Waals surface area contributed by atoms with Gasteiger partial charge in [-0.2, -0.15) is 0 Å². The molecule has 0 unspecified atom stereocenters. The summed E-state index contributed by atoms with van der Waals surface area (Å²) in [5.41, 5.74) is 1.89. The Balaban J connectivity index is 2.04. The molecule has 1 aliphatic rings. The van der Waals surface area contributed by atoms with Gasteiger partial charge in [0.2, 0.25) is 0 Å². The highest BCUT2D eigenvalue weighted by molar-refractivity contribution is 6.04. The number of hydrogen-bond donors (Lipinski definition) is 0. The average Bonchev–Trinajstić information content (AvgIpc) is 2.52. The van der Waals surface area contributed by atoms with E-state index in [4.69, 9.17) is 9.47 Å². The van der Waals surface area contributed by atoms with Crippen LogP contribution in [0.3, 0.4) is 0 Å². The van der Waals surface area contributed by atoms with Crippen LogP contribution in [0, 0.1) is 0 Å². The third kappa shape index (κ3) is 3.76. The number of rotatable bonds is 2. The predicted octanol–water partition coefficient (Wildman–Crippen LogP) is 3.80. The Labute approximate surface area is 148 Å². The molecule has 134 valence electrons. The molecule has 0 amide bonds. The van der Waals surface area contributed by atoms with Crippen molar-refractivity contribution in [2.45, 2.75) is 52.3 Å². The minimum Gasteiger partial charge on any atom is -0.456 e. The zero-order valence-corrected chi connectivity index (χ0v) is 15.6. The number of aromatic nitrogens is 1. The maximum Gasteiger partial charge on any atom is 0.339 e. The first kappa shape index (κ1) is 17.7. The summed E-state index contributed by atoms with van der Waals surface area (Å²) in [6.45, 7) is 11.3. The first-order valence-electron chi connectivity index (χ1n) is 8.74. The lowest BCUT2D eigenvalue weighted by Gasteiger charge is -2.40. The second-order valence-electron chi connectivity index (χ2n) is 7.70. The number of esters is 1. The molecule has 2 atom stereocenters. The molecule has 3 rings (SSSR count). The van der Waals surface area contributed by atoms with Crippen LogP contribution in [0.2, 0.25) is 0 Å². The lowest BCUT2D eigenvalue weighted by molar-refractivity contribution is 0.00718. The van der Waals surface area contributed by atoms with Crippen molar-refractivity contribution in [3.05, 3.63) is 36.0 Å². The topological polar surface area (TPSA) is 51.7 Å². The molecule has 1 aliphatic heterocycles. The van der Waals surface area contributed by atoms with Gasteiger partial charge in [0.05, 0.1) is 24.3 Å². The van der Waals surface area contributed by atoms with Gasteiger partial charge in [-0.15, -0.1) is 0 Å². The molecule has 0 spiro atoms. The zero-order valence-electron chi connectivity index (χ0n) is 15.6. The molecular formula is C20H26N2O3. The maximum absolute atomic E-state index is 12.6. The number of fused-ring (bicyclic) bond motifs is 1. The van der Waals surface area contributed by atoms with Crippen molar-refractivity contribution in [2.75, 3.05) is 18.1 Å². The standard InChI is InChI=1S/C20H26N2O3/c1-13-11-24-12-14(2)22(13)15-6-7-18-17(10-15)16(8-9-21-18)19(23)25-20(3,4)5/h6-10,13-14H,11-12H2,1-5H3/t13-,14+. The van der Waals surface area contributed by atoms with E-state index in [-0.39, 0.29) is 18.1 Å². The lowest BCUT2D eigenvalue weighted by Crippen LogP contribution is -2.49.